The van der Waals surface area contributed by atoms with Gasteiger partial charge in [-0.25, -0.2) is 27.7 Å². The molecule has 2 aromatic carbocycles. The molecule has 4 heteroatoms. The molecule has 198 valence electrons. The van der Waals surface area contributed by atoms with Crippen LogP contribution in [0.1, 0.15) is 113 Å². The molecule has 0 bridgehead atoms. The number of carbonyl (C=O) groups is 2. The Morgan fingerprint density at radius 1 is 0.735 bits per heavy atom. The summed E-state index contributed by atoms with van der Waals surface area (Å²) < 4.78 is 4.91. The number of hydrogen-bond acceptors (Lipinski definition) is 3. The first kappa shape index (κ1) is 32.4. The average molecular weight is 511 g/mol. The Hall–Kier alpha value is -1.64. The molecule has 0 radical (unpaired) electrons. The van der Waals surface area contributed by atoms with Crippen molar-refractivity contribution < 1.29 is 31.4 Å². The predicted molar refractivity (Wildman–Crippen MR) is 140 cm³/mol. The van der Waals surface area contributed by atoms with Crippen molar-refractivity contribution in [1.29, 1.82) is 0 Å². The van der Waals surface area contributed by atoms with Gasteiger partial charge in [-0.1, -0.05) is 58.9 Å². The van der Waals surface area contributed by atoms with E-state index in [1.807, 2.05) is 6.92 Å². The van der Waals surface area contributed by atoms with Gasteiger partial charge in [-0.2, -0.15) is 22.3 Å². The molecule has 2 rings (SSSR count). The summed E-state index contributed by atoms with van der Waals surface area (Å²) in [7, 11) is 0. The second kappa shape index (κ2) is 16.1. The minimum atomic E-state index is -0.0888. The average Bonchev–Trinajstić information content (AvgIpc) is 3.11. The molecular weight excluding hydrogens is 464 g/mol. The van der Waals surface area contributed by atoms with Gasteiger partial charge in [0.1, 0.15) is 5.78 Å². The van der Waals surface area contributed by atoms with Crippen molar-refractivity contribution in [2.24, 2.45) is 0 Å². The fourth-order valence-corrected chi connectivity index (χ4v) is 4.39. The van der Waals surface area contributed by atoms with Gasteiger partial charge >= 0.3 is 5.97 Å². The smallest absolute Gasteiger partial charge is 0.305 e. The number of unbranched alkanes of at least 4 members (excludes halogenated alkanes) is 5. The summed E-state index contributed by atoms with van der Waals surface area (Å²) >= 11 is 0. The Bertz CT molecular complexity index is 866. The van der Waals surface area contributed by atoms with Gasteiger partial charge in [-0.15, -0.1) is 0 Å². The van der Waals surface area contributed by atoms with Crippen molar-refractivity contribution in [2.45, 2.75) is 114 Å². The van der Waals surface area contributed by atoms with Gasteiger partial charge in [-0.05, 0) is 26.2 Å². The van der Waals surface area contributed by atoms with Gasteiger partial charge < -0.3 is 37.9 Å². The van der Waals surface area contributed by atoms with Gasteiger partial charge in [0.05, 0.1) is 6.61 Å². The minimum absolute atomic E-state index is 0. The van der Waals surface area contributed by atoms with Gasteiger partial charge in [0, 0.05) is 23.5 Å². The number of carbonyl (C=O) groups excluding carboxylic acids is 2. The molecule has 0 atom stereocenters. The molecule has 0 amide bonds. The first-order valence-corrected chi connectivity index (χ1v) is 12.6. The normalized spacial score (nSPS) is 10.4. The monoisotopic (exact) mass is 510 g/mol. The standard InChI is InChI=1S/C21H33O3.C9H13.Fe/c1-6-24-20(23)14-12-10-8-7-9-11-13-19(22)21-17(4)15(2)16(3)18(21)5;1-6-5-7(2)9(4)8(6)3;/h6-14H2,1-5H3;5H,1-4H3;/q-1;-5;. The first-order valence-electron chi connectivity index (χ1n) is 12.6. The van der Waals surface area contributed by atoms with E-state index >= 15 is 0 Å². The molecule has 34 heavy (non-hydrogen) atoms. The molecular formula is C30H46FeO3-6. The van der Waals surface area contributed by atoms with Crippen LogP contribution in [-0.2, 0) is 26.6 Å². The summed E-state index contributed by atoms with van der Waals surface area (Å²) in [5.74, 6) is 0.206. The second-order valence-corrected chi connectivity index (χ2v) is 9.48. The van der Waals surface area contributed by atoms with E-state index < -0.39 is 0 Å². The van der Waals surface area contributed by atoms with Crippen molar-refractivity contribution in [3.8, 4) is 0 Å². The Labute approximate surface area is 219 Å². The van der Waals surface area contributed by atoms with Crippen LogP contribution in [0.25, 0.3) is 0 Å². The molecule has 0 aliphatic carbocycles. The van der Waals surface area contributed by atoms with Crippen molar-refractivity contribution in [3.63, 3.8) is 0 Å². The summed E-state index contributed by atoms with van der Waals surface area (Å²) in [5.41, 5.74) is 11.5. The van der Waals surface area contributed by atoms with Crippen molar-refractivity contribution >= 4 is 11.8 Å². The maximum Gasteiger partial charge on any atom is 0.305 e. The molecule has 0 aliphatic rings. The van der Waals surface area contributed by atoms with Crippen LogP contribution in [0, 0.1) is 55.4 Å². The Morgan fingerprint density at radius 3 is 1.53 bits per heavy atom. The van der Waals surface area contributed by atoms with Crippen LogP contribution in [0.3, 0.4) is 0 Å². The molecule has 0 unspecified atom stereocenters. The third-order valence-electron chi connectivity index (χ3n) is 7.23. The van der Waals surface area contributed by atoms with E-state index in [-0.39, 0.29) is 23.0 Å². The van der Waals surface area contributed by atoms with Crippen LogP contribution in [0.15, 0.2) is 6.07 Å². The number of rotatable bonds is 11. The van der Waals surface area contributed by atoms with Crippen molar-refractivity contribution in [1.82, 2.24) is 0 Å². The fourth-order valence-electron chi connectivity index (χ4n) is 4.39. The molecule has 0 heterocycles. The van der Waals surface area contributed by atoms with E-state index in [4.69, 9.17) is 4.74 Å². The maximum atomic E-state index is 12.5. The molecule has 0 saturated carbocycles. The summed E-state index contributed by atoms with van der Waals surface area (Å²) in [6.45, 7) is 19.3. The third kappa shape index (κ3) is 9.55. The Morgan fingerprint density at radius 2 is 1.15 bits per heavy atom. The number of hydrogen-bond donors (Lipinski definition) is 0. The van der Waals surface area contributed by atoms with Crippen LogP contribution >= 0.6 is 0 Å². The molecule has 0 saturated heterocycles. The SMILES string of the molecule is CCOC(=O)CCCCCCCCC(=O)[c-]1c(C)c(C)c(C)c1C.C[c-]1[cH-][c-](C)[c-](C)[c-]1C.[Fe]. The number of ketones is 1. The Kier molecular flexibility index (Phi) is 15.3. The zero-order valence-electron chi connectivity index (χ0n) is 23.0. The first-order chi connectivity index (χ1) is 15.5. The quantitative estimate of drug-likeness (QED) is 0.101. The van der Waals surface area contributed by atoms with E-state index in [1.54, 1.807) is 0 Å². The van der Waals surface area contributed by atoms with E-state index in [2.05, 4.69) is 61.5 Å². The molecule has 3 nitrogen and oxygen atoms in total. The van der Waals surface area contributed by atoms with Crippen LogP contribution in [0.5, 0.6) is 0 Å². The molecule has 0 spiro atoms. The number of aryl methyl sites for hydroxylation is 2. The zero-order chi connectivity index (χ0) is 25.1. The number of ether oxygens (including phenoxy) is 1. The van der Waals surface area contributed by atoms with E-state index in [0.29, 0.717) is 25.2 Å². The predicted octanol–water partition coefficient (Wildman–Crippen LogP) is 8.14. The largest absolute Gasteiger partial charge is 0.743 e. The third-order valence-corrected chi connectivity index (χ3v) is 7.23. The number of esters is 1. The summed E-state index contributed by atoms with van der Waals surface area (Å²) in [6.07, 6.45) is 7.44. The minimum Gasteiger partial charge on any atom is -0.743 e. The zero-order valence-corrected chi connectivity index (χ0v) is 24.1. The van der Waals surface area contributed by atoms with Gasteiger partial charge in [0.25, 0.3) is 0 Å². The molecule has 0 fully saturated rings. The van der Waals surface area contributed by atoms with Crippen molar-refractivity contribution in [3.05, 3.63) is 56.1 Å². The van der Waals surface area contributed by atoms with Crippen LogP contribution in [0.4, 0.5) is 0 Å². The molecule has 2 aromatic rings. The van der Waals surface area contributed by atoms with Gasteiger partial charge in [-0.3, -0.25) is 4.79 Å². The van der Waals surface area contributed by atoms with E-state index in [0.717, 1.165) is 55.2 Å². The van der Waals surface area contributed by atoms with E-state index in [1.165, 1.54) is 33.4 Å². The summed E-state index contributed by atoms with van der Waals surface area (Å²) in [5, 5.41) is 0. The maximum absolute atomic E-state index is 12.5. The Balaban J connectivity index is 0.000000911. The summed E-state index contributed by atoms with van der Waals surface area (Å²) in [6, 6.07) is 2.24. The topological polar surface area (TPSA) is 43.4 Å². The molecule has 0 N–H and O–H groups in total. The fraction of sp³-hybridized carbons (Fsp3) is 0.600. The van der Waals surface area contributed by atoms with Crippen LogP contribution in [-0.4, -0.2) is 18.4 Å². The second-order valence-electron chi connectivity index (χ2n) is 9.48. The summed E-state index contributed by atoms with van der Waals surface area (Å²) in [4.78, 5) is 23.7. The van der Waals surface area contributed by atoms with Crippen LogP contribution < -0.4 is 0 Å². The molecule has 0 aliphatic heterocycles. The van der Waals surface area contributed by atoms with Gasteiger partial charge in [0.2, 0.25) is 0 Å². The number of Topliss-reactive ketones (excluding diaryl/α,β-unsaturated/α-hetero) is 1. The van der Waals surface area contributed by atoms with E-state index in [9.17, 15) is 9.59 Å². The van der Waals surface area contributed by atoms with Crippen molar-refractivity contribution in [2.75, 3.05) is 6.61 Å². The van der Waals surface area contributed by atoms with Gasteiger partial charge in [0.15, 0.2) is 0 Å². The molecule has 0 aromatic heterocycles. The van der Waals surface area contributed by atoms with Crippen LogP contribution in [0.2, 0.25) is 0 Å².